The highest BCUT2D eigenvalue weighted by molar-refractivity contribution is 7.55. The van der Waals surface area contributed by atoms with Crippen molar-refractivity contribution in [3.8, 4) is 0 Å². The number of carbonyl (C=O) groups excluding carboxylic acids is 1. The van der Waals surface area contributed by atoms with Crippen molar-refractivity contribution in [1.29, 1.82) is 0 Å². The van der Waals surface area contributed by atoms with Crippen LogP contribution in [0.3, 0.4) is 0 Å². The number of nitrogens with zero attached hydrogens (tertiary/aromatic N) is 1. The van der Waals surface area contributed by atoms with E-state index in [-0.39, 0.29) is 25.9 Å². The quantitative estimate of drug-likeness (QED) is 0.440. The fourth-order valence-electron chi connectivity index (χ4n) is 3.34. The number of carbonyl (C=O) groups is 1. The molecule has 3 atom stereocenters. The Morgan fingerprint density at radius 1 is 1.21 bits per heavy atom. The zero-order valence-electron chi connectivity index (χ0n) is 17.2. The summed E-state index contributed by atoms with van der Waals surface area (Å²) in [4.78, 5) is 38.4. The Kier molecular flexibility index (Phi) is 8.39. The van der Waals surface area contributed by atoms with Crippen LogP contribution >= 0.6 is 7.60 Å². The minimum Gasteiger partial charge on any atom is -0.464 e. The van der Waals surface area contributed by atoms with Crippen molar-refractivity contribution >= 4 is 13.6 Å². The van der Waals surface area contributed by atoms with Crippen LogP contribution in [0, 0.1) is 6.92 Å². The number of H-pyrrole nitrogens is 1. The maximum absolute atomic E-state index is 13.1. The molecule has 1 aliphatic rings. The van der Waals surface area contributed by atoms with E-state index in [1.165, 1.54) is 10.8 Å². The van der Waals surface area contributed by atoms with Gasteiger partial charge in [-0.3, -0.25) is 18.9 Å². The van der Waals surface area contributed by atoms with E-state index in [2.05, 4.69) is 4.98 Å². The third kappa shape index (κ3) is 5.66. The topological polar surface area (TPSA) is 126 Å². The number of aromatic nitrogens is 2. The summed E-state index contributed by atoms with van der Waals surface area (Å²) in [5.41, 5.74) is -0.494. The molecule has 1 unspecified atom stereocenters. The Morgan fingerprint density at radius 3 is 2.45 bits per heavy atom. The minimum atomic E-state index is -3.90. The molecule has 10 nitrogen and oxygen atoms in total. The van der Waals surface area contributed by atoms with Gasteiger partial charge < -0.3 is 18.5 Å². The van der Waals surface area contributed by atoms with Crippen LogP contribution in [0.4, 0.5) is 0 Å². The van der Waals surface area contributed by atoms with E-state index in [1.807, 2.05) is 0 Å². The molecular weight excluding hydrogens is 403 g/mol. The van der Waals surface area contributed by atoms with Gasteiger partial charge in [0.05, 0.1) is 25.9 Å². The van der Waals surface area contributed by atoms with Crippen LogP contribution in [0.25, 0.3) is 0 Å². The first-order valence-electron chi connectivity index (χ1n) is 9.78. The third-order valence-electron chi connectivity index (χ3n) is 4.61. The van der Waals surface area contributed by atoms with Gasteiger partial charge in [-0.1, -0.05) is 0 Å². The molecule has 0 aliphatic heterocycles. The van der Waals surface area contributed by atoms with Crippen molar-refractivity contribution in [2.75, 3.05) is 19.8 Å². The molecule has 0 saturated heterocycles. The summed E-state index contributed by atoms with van der Waals surface area (Å²) >= 11 is 0. The molecule has 0 amide bonds. The van der Waals surface area contributed by atoms with Gasteiger partial charge in [-0.2, -0.15) is 0 Å². The Labute approximate surface area is 169 Å². The number of esters is 1. The lowest BCUT2D eigenvalue weighted by molar-refractivity contribution is -0.155. The van der Waals surface area contributed by atoms with E-state index in [9.17, 15) is 18.9 Å². The van der Waals surface area contributed by atoms with E-state index in [1.54, 1.807) is 27.7 Å². The first kappa shape index (κ1) is 23.5. The van der Waals surface area contributed by atoms with Gasteiger partial charge in [0, 0.05) is 17.8 Å². The van der Waals surface area contributed by atoms with Gasteiger partial charge in [0.1, 0.15) is 0 Å². The van der Waals surface area contributed by atoms with Crippen molar-refractivity contribution in [1.82, 2.24) is 9.55 Å². The summed E-state index contributed by atoms with van der Waals surface area (Å²) in [6, 6.07) is -0.218. The largest absolute Gasteiger partial charge is 0.464 e. The van der Waals surface area contributed by atoms with Gasteiger partial charge in [-0.05, 0) is 47.0 Å². The van der Waals surface area contributed by atoms with Crippen LogP contribution < -0.4 is 11.2 Å². The van der Waals surface area contributed by atoms with Crippen LogP contribution in [0.15, 0.2) is 15.8 Å². The van der Waals surface area contributed by atoms with Gasteiger partial charge in [0.15, 0.2) is 0 Å². The monoisotopic (exact) mass is 432 g/mol. The molecule has 0 spiro atoms. The first-order valence-corrected chi connectivity index (χ1v) is 11.4. The molecule has 1 fully saturated rings. The van der Waals surface area contributed by atoms with E-state index < -0.39 is 36.8 Å². The summed E-state index contributed by atoms with van der Waals surface area (Å²) in [5, 5.41) is 0. The Balaban J connectivity index is 2.21. The molecule has 0 bridgehead atoms. The van der Waals surface area contributed by atoms with Crippen LogP contribution in [0.1, 0.15) is 51.6 Å². The molecule has 0 aromatic carbocycles. The van der Waals surface area contributed by atoms with Gasteiger partial charge in [0.25, 0.3) is 11.4 Å². The van der Waals surface area contributed by atoms with E-state index in [0.717, 1.165) is 0 Å². The lowest BCUT2D eigenvalue weighted by atomic mass is 10.2. The number of hydrogen-bond donors (Lipinski definition) is 1. The zero-order valence-corrected chi connectivity index (χ0v) is 18.1. The van der Waals surface area contributed by atoms with Crippen LogP contribution in [-0.2, 0) is 27.9 Å². The van der Waals surface area contributed by atoms with Gasteiger partial charge in [-0.25, -0.2) is 9.59 Å². The molecule has 0 radical (unpaired) electrons. The predicted molar refractivity (Wildman–Crippen MR) is 105 cm³/mol. The lowest BCUT2D eigenvalue weighted by Crippen LogP contribution is -2.34. The van der Waals surface area contributed by atoms with Gasteiger partial charge in [-0.15, -0.1) is 0 Å². The summed E-state index contributed by atoms with van der Waals surface area (Å²) in [7, 11) is -3.90. The molecule has 29 heavy (non-hydrogen) atoms. The van der Waals surface area contributed by atoms with Crippen LogP contribution in [0.2, 0.25) is 0 Å². The molecule has 1 aliphatic carbocycles. The Bertz CT molecular complexity index is 854. The van der Waals surface area contributed by atoms with Gasteiger partial charge in [0.2, 0.25) is 0 Å². The molecular formula is C18H29N2O8P. The average molecular weight is 432 g/mol. The summed E-state index contributed by atoms with van der Waals surface area (Å²) in [5.74, 6) is -2.31. The molecule has 1 aromatic rings. The highest BCUT2D eigenvalue weighted by Gasteiger charge is 2.46. The van der Waals surface area contributed by atoms with Crippen LogP contribution in [0.5, 0.6) is 0 Å². The second-order valence-electron chi connectivity index (χ2n) is 6.68. The third-order valence-corrected chi connectivity index (χ3v) is 6.75. The Hall–Kier alpha value is -1.74. The first-order chi connectivity index (χ1) is 13.8. The van der Waals surface area contributed by atoms with E-state index >= 15 is 0 Å². The van der Waals surface area contributed by atoms with E-state index in [0.29, 0.717) is 24.8 Å². The smallest absolute Gasteiger partial charge is 0.370 e. The fraction of sp³-hybridized carbons (Fsp3) is 0.722. The standard InChI is InChI=1S/C18H29N2O8P/c1-5-25-16(22)17(29(24,26-6-2)27-7-3)28-14-9-8-13(10-14)20-11-12(4)15(21)19-18(20)23/h11,13-14,17H,5-10H2,1-4H3,(H,19,21,23)/t13-,14+,17?/m1/s1. The molecule has 1 N–H and O–H groups in total. The highest BCUT2D eigenvalue weighted by Crippen LogP contribution is 2.55. The number of nitrogens with one attached hydrogen (secondary N) is 1. The average Bonchev–Trinajstić information content (AvgIpc) is 3.11. The second-order valence-corrected chi connectivity index (χ2v) is 8.75. The molecule has 164 valence electrons. The molecule has 1 heterocycles. The zero-order chi connectivity index (χ0) is 21.6. The molecule has 2 rings (SSSR count). The maximum atomic E-state index is 13.1. The summed E-state index contributed by atoms with van der Waals surface area (Å²) < 4.78 is 36.1. The minimum absolute atomic E-state index is 0.0792. The van der Waals surface area contributed by atoms with Gasteiger partial charge >= 0.3 is 19.3 Å². The number of rotatable bonds is 10. The number of ether oxygens (including phenoxy) is 2. The second kappa shape index (κ2) is 10.3. The maximum Gasteiger partial charge on any atom is 0.370 e. The van der Waals surface area contributed by atoms with Crippen LogP contribution in [-0.4, -0.2) is 47.3 Å². The summed E-state index contributed by atoms with van der Waals surface area (Å²) in [6.45, 7) is 6.80. The molecule has 1 saturated carbocycles. The highest BCUT2D eigenvalue weighted by atomic mass is 31.2. The lowest BCUT2D eigenvalue weighted by Gasteiger charge is -2.27. The van der Waals surface area contributed by atoms with E-state index in [4.69, 9.17) is 18.5 Å². The summed E-state index contributed by atoms with van der Waals surface area (Å²) in [6.07, 6.45) is 2.59. The molecule has 11 heteroatoms. The number of hydrogen-bond acceptors (Lipinski definition) is 8. The van der Waals surface area contributed by atoms with Crippen molar-refractivity contribution in [3.05, 3.63) is 32.6 Å². The Morgan fingerprint density at radius 2 is 1.86 bits per heavy atom. The normalized spacial score (nSPS) is 20.6. The van der Waals surface area contributed by atoms with Crippen molar-refractivity contribution in [3.63, 3.8) is 0 Å². The SMILES string of the molecule is CCOC(=O)C(O[C@H]1CC[C@@H](n2cc(C)c(=O)[nH]c2=O)C1)P(=O)(OCC)OCC. The van der Waals surface area contributed by atoms with Crippen molar-refractivity contribution < 1.29 is 27.9 Å². The predicted octanol–water partition coefficient (Wildman–Crippen LogP) is 2.11. The fourth-order valence-corrected chi connectivity index (χ4v) is 5.06. The number of aromatic amines is 1. The van der Waals surface area contributed by atoms with Crippen molar-refractivity contribution in [2.45, 2.75) is 64.9 Å². The number of aryl methyl sites for hydroxylation is 1. The van der Waals surface area contributed by atoms with Crippen molar-refractivity contribution in [2.24, 2.45) is 0 Å². The molecule has 1 aromatic heterocycles.